The zero-order valence-corrected chi connectivity index (χ0v) is 19.4. The van der Waals surface area contributed by atoms with Gasteiger partial charge in [-0.1, -0.05) is 43.3 Å². The van der Waals surface area contributed by atoms with E-state index in [2.05, 4.69) is 65.7 Å². The molecule has 32 heavy (non-hydrogen) atoms. The van der Waals surface area contributed by atoms with Crippen LogP contribution in [0.5, 0.6) is 0 Å². The largest absolute Gasteiger partial charge is 0.372 e. The number of nitrogens with one attached hydrogen (secondary N) is 3. The van der Waals surface area contributed by atoms with Gasteiger partial charge in [-0.25, -0.2) is 0 Å². The maximum Gasteiger partial charge on any atom is 0.279 e. The molecular weight excluding hydrogens is 396 g/mol. The number of hydrogen-bond acceptors (Lipinski definition) is 2. The first-order valence-electron chi connectivity index (χ1n) is 12.2. The average molecular weight is 435 g/mol. The first-order chi connectivity index (χ1) is 15.7. The summed E-state index contributed by atoms with van der Waals surface area (Å²) in [5.74, 6) is 0.952. The first-order valence-corrected chi connectivity index (χ1v) is 12.2. The Morgan fingerprint density at radius 2 is 1.62 bits per heavy atom. The van der Waals surface area contributed by atoms with Crippen LogP contribution in [0.1, 0.15) is 25.3 Å². The van der Waals surface area contributed by atoms with Crippen molar-refractivity contribution in [3.63, 3.8) is 0 Å². The Labute approximate surface area is 192 Å². The fourth-order valence-corrected chi connectivity index (χ4v) is 4.72. The minimum absolute atomic E-state index is 0.118. The van der Waals surface area contributed by atoms with E-state index >= 15 is 0 Å². The van der Waals surface area contributed by atoms with Crippen LogP contribution >= 0.6 is 0 Å². The van der Waals surface area contributed by atoms with Gasteiger partial charge in [-0.2, -0.15) is 0 Å². The van der Waals surface area contributed by atoms with Gasteiger partial charge >= 0.3 is 0 Å². The smallest absolute Gasteiger partial charge is 0.279 e. The van der Waals surface area contributed by atoms with E-state index in [1.807, 2.05) is 18.2 Å². The summed E-state index contributed by atoms with van der Waals surface area (Å²) in [5.41, 5.74) is 3.42. The monoisotopic (exact) mass is 434 g/mol. The standard InChI is InChI=1S/C27H36N4O/c1-23-13-16-31(17-14-23)26-11-9-25(10-12-26)28-27(32)22-30-20-18-29(19-21-30)15-5-8-24-6-3-2-4-7-24/h2-12,23H,13-22H2,1H3,(H,28,32)/p+2/b8-5+. The molecular formula is C27H38N4O+2. The number of rotatable bonds is 7. The predicted octanol–water partition coefficient (Wildman–Crippen LogP) is 1.36. The highest BCUT2D eigenvalue weighted by atomic mass is 16.2. The van der Waals surface area contributed by atoms with Crippen LogP contribution < -0.4 is 20.0 Å². The van der Waals surface area contributed by atoms with Crippen molar-refractivity contribution in [1.82, 2.24) is 0 Å². The molecule has 5 heteroatoms. The fraction of sp³-hybridized carbons (Fsp3) is 0.444. The number of piperidine rings is 1. The second-order valence-electron chi connectivity index (χ2n) is 9.46. The number of anilines is 2. The predicted molar refractivity (Wildman–Crippen MR) is 132 cm³/mol. The first kappa shape index (κ1) is 22.6. The molecule has 2 aliphatic rings. The van der Waals surface area contributed by atoms with Gasteiger partial charge < -0.3 is 20.0 Å². The van der Waals surface area contributed by atoms with Crippen LogP contribution in [0.25, 0.3) is 6.08 Å². The van der Waals surface area contributed by atoms with Crippen molar-refractivity contribution in [1.29, 1.82) is 0 Å². The lowest BCUT2D eigenvalue weighted by Gasteiger charge is -2.32. The summed E-state index contributed by atoms with van der Waals surface area (Å²) in [5, 5.41) is 3.09. The van der Waals surface area contributed by atoms with Gasteiger partial charge in [0.2, 0.25) is 0 Å². The summed E-state index contributed by atoms with van der Waals surface area (Å²) in [7, 11) is 0. The summed E-state index contributed by atoms with van der Waals surface area (Å²) in [4.78, 5) is 18.0. The molecule has 4 rings (SSSR count). The Morgan fingerprint density at radius 3 is 2.31 bits per heavy atom. The summed E-state index contributed by atoms with van der Waals surface area (Å²) < 4.78 is 0. The van der Waals surface area contributed by atoms with Crippen molar-refractivity contribution in [3.05, 3.63) is 66.2 Å². The number of piperazine rings is 1. The van der Waals surface area contributed by atoms with Crippen molar-refractivity contribution >= 4 is 23.4 Å². The SMILES string of the molecule is CC1CCN(c2ccc(NC(=O)C[NH+]3CC[NH+](C/C=C/c4ccccc4)CC3)cc2)CC1. The van der Waals surface area contributed by atoms with E-state index in [1.54, 1.807) is 4.90 Å². The van der Waals surface area contributed by atoms with E-state index in [0.29, 0.717) is 6.54 Å². The molecule has 2 aromatic carbocycles. The van der Waals surface area contributed by atoms with Gasteiger partial charge in [-0.05, 0) is 54.7 Å². The van der Waals surface area contributed by atoms with E-state index < -0.39 is 0 Å². The third-order valence-corrected chi connectivity index (χ3v) is 6.89. The molecule has 2 saturated heterocycles. The van der Waals surface area contributed by atoms with E-state index in [0.717, 1.165) is 57.4 Å². The van der Waals surface area contributed by atoms with Crippen LogP contribution in [0.15, 0.2) is 60.7 Å². The van der Waals surface area contributed by atoms with Gasteiger partial charge in [0.05, 0.1) is 6.54 Å². The highest BCUT2D eigenvalue weighted by Gasteiger charge is 2.24. The van der Waals surface area contributed by atoms with Crippen LogP contribution in [-0.4, -0.2) is 58.3 Å². The molecule has 0 radical (unpaired) electrons. The average Bonchev–Trinajstić information content (AvgIpc) is 2.82. The number of carbonyl (C=O) groups excluding carboxylic acids is 1. The summed E-state index contributed by atoms with van der Waals surface area (Å²) in [6, 6.07) is 18.8. The second kappa shape index (κ2) is 11.3. The summed E-state index contributed by atoms with van der Waals surface area (Å²) in [6.45, 7) is 10.5. The van der Waals surface area contributed by atoms with Crippen LogP contribution in [-0.2, 0) is 4.79 Å². The zero-order chi connectivity index (χ0) is 22.2. The molecule has 0 atom stereocenters. The Kier molecular flexibility index (Phi) is 7.97. The van der Waals surface area contributed by atoms with Crippen LogP contribution in [0.2, 0.25) is 0 Å². The summed E-state index contributed by atoms with van der Waals surface area (Å²) >= 11 is 0. The van der Waals surface area contributed by atoms with Crippen LogP contribution in [0, 0.1) is 5.92 Å². The molecule has 0 spiro atoms. The lowest BCUT2D eigenvalue weighted by molar-refractivity contribution is -1.01. The minimum atomic E-state index is 0.118. The van der Waals surface area contributed by atoms with Crippen molar-refractivity contribution in [2.45, 2.75) is 19.8 Å². The van der Waals surface area contributed by atoms with Crippen molar-refractivity contribution in [2.75, 3.05) is 62.6 Å². The lowest BCUT2D eigenvalue weighted by Crippen LogP contribution is -3.28. The zero-order valence-electron chi connectivity index (χ0n) is 19.4. The second-order valence-corrected chi connectivity index (χ2v) is 9.46. The highest BCUT2D eigenvalue weighted by Crippen LogP contribution is 2.24. The molecule has 0 bridgehead atoms. The number of nitrogens with zero attached hydrogens (tertiary/aromatic N) is 1. The molecule has 1 amide bonds. The summed E-state index contributed by atoms with van der Waals surface area (Å²) in [6.07, 6.45) is 7.01. The third kappa shape index (κ3) is 6.68. The van der Waals surface area contributed by atoms with E-state index in [1.165, 1.54) is 29.0 Å². The van der Waals surface area contributed by atoms with Crippen LogP contribution in [0.4, 0.5) is 11.4 Å². The molecule has 2 aromatic rings. The number of hydrogen-bond donors (Lipinski definition) is 3. The Bertz CT molecular complexity index is 864. The molecule has 2 heterocycles. The Balaban J connectivity index is 1.16. The normalized spacial score (nSPS) is 22.2. The maximum absolute atomic E-state index is 12.6. The molecule has 5 nitrogen and oxygen atoms in total. The molecule has 2 fully saturated rings. The molecule has 0 saturated carbocycles. The van der Waals surface area contributed by atoms with E-state index in [-0.39, 0.29) is 5.91 Å². The maximum atomic E-state index is 12.6. The number of quaternary nitrogens is 2. The number of carbonyl (C=O) groups is 1. The minimum Gasteiger partial charge on any atom is -0.372 e. The van der Waals surface area contributed by atoms with Gasteiger partial charge in [0.1, 0.15) is 26.2 Å². The Hall–Kier alpha value is -2.63. The quantitative estimate of drug-likeness (QED) is 0.616. The van der Waals surface area contributed by atoms with Gasteiger partial charge in [0.15, 0.2) is 6.54 Å². The highest BCUT2D eigenvalue weighted by molar-refractivity contribution is 5.91. The molecule has 0 aromatic heterocycles. The lowest BCUT2D eigenvalue weighted by atomic mass is 9.99. The molecule has 170 valence electrons. The number of amides is 1. The van der Waals surface area contributed by atoms with Gasteiger partial charge in [0, 0.05) is 24.5 Å². The van der Waals surface area contributed by atoms with Crippen LogP contribution in [0.3, 0.4) is 0 Å². The topological polar surface area (TPSA) is 41.2 Å². The Morgan fingerprint density at radius 1 is 0.969 bits per heavy atom. The molecule has 3 N–H and O–H groups in total. The van der Waals surface area contributed by atoms with Gasteiger partial charge in [0.25, 0.3) is 5.91 Å². The van der Waals surface area contributed by atoms with Crippen molar-refractivity contribution in [3.8, 4) is 0 Å². The molecule has 0 unspecified atom stereocenters. The molecule has 2 aliphatic heterocycles. The molecule has 0 aliphatic carbocycles. The third-order valence-electron chi connectivity index (χ3n) is 6.89. The van der Waals surface area contributed by atoms with Crippen molar-refractivity contribution < 1.29 is 14.6 Å². The van der Waals surface area contributed by atoms with Crippen molar-refractivity contribution in [2.24, 2.45) is 5.92 Å². The van der Waals surface area contributed by atoms with E-state index in [4.69, 9.17) is 0 Å². The van der Waals surface area contributed by atoms with Gasteiger partial charge in [-0.3, -0.25) is 4.79 Å². The number of benzene rings is 2. The van der Waals surface area contributed by atoms with E-state index in [9.17, 15) is 4.79 Å². The van der Waals surface area contributed by atoms with Gasteiger partial charge in [-0.15, -0.1) is 0 Å². The fourth-order valence-electron chi connectivity index (χ4n) is 4.72.